The molecule has 2 heterocycles. The third kappa shape index (κ3) is 25.0. The summed E-state index contributed by atoms with van der Waals surface area (Å²) in [4.78, 5) is 34.6. The molecule has 61 heavy (non-hydrogen) atoms. The number of unbranched alkanes of at least 4 members (excludes halogenated alkanes) is 2. The van der Waals surface area contributed by atoms with Crippen LogP contribution in [0.1, 0.15) is 90.2 Å². The number of amides is 2. The average molecular weight is 898 g/mol. The number of carbonyl (C=O) groups is 3. The fraction of sp³-hybridized carbons (Fsp3) is 0.674. The van der Waals surface area contributed by atoms with Gasteiger partial charge in [0.1, 0.15) is 18.5 Å². The van der Waals surface area contributed by atoms with Gasteiger partial charge in [0.25, 0.3) is 0 Å². The Hall–Kier alpha value is -3.01. The molecule has 0 aromatic heterocycles. The highest BCUT2D eigenvalue weighted by Crippen LogP contribution is 2.23. The molecule has 0 saturated carbocycles. The summed E-state index contributed by atoms with van der Waals surface area (Å²) in [6.07, 6.45) is 6.61. The number of rotatable bonds is 24. The van der Waals surface area contributed by atoms with Crippen molar-refractivity contribution in [1.82, 2.24) is 16.0 Å². The van der Waals surface area contributed by atoms with Crippen molar-refractivity contribution in [2.24, 2.45) is 16.6 Å². The number of halogens is 2. The lowest BCUT2D eigenvalue weighted by molar-refractivity contribution is -0.115. The Kier molecular flexibility index (Phi) is 27.5. The molecule has 2 aromatic rings. The van der Waals surface area contributed by atoms with E-state index >= 15 is 0 Å². The predicted octanol–water partition coefficient (Wildman–Crippen LogP) is 6.55. The Morgan fingerprint density at radius 1 is 0.770 bits per heavy atom. The lowest BCUT2D eigenvalue weighted by Crippen LogP contribution is -2.50. The lowest BCUT2D eigenvalue weighted by Gasteiger charge is -2.28. The predicted molar refractivity (Wildman–Crippen MR) is 242 cm³/mol. The Morgan fingerprint density at radius 3 is 1.64 bits per heavy atom. The van der Waals surface area contributed by atoms with Crippen molar-refractivity contribution in [2.75, 3.05) is 57.8 Å². The fourth-order valence-corrected chi connectivity index (χ4v) is 6.95. The molecule has 4 rings (SSSR count). The molecule has 0 unspecified atom stereocenters. The molecule has 0 bridgehead atoms. The first-order valence-electron chi connectivity index (χ1n) is 21.7. The van der Waals surface area contributed by atoms with Gasteiger partial charge in [-0.05, 0) is 55.1 Å². The van der Waals surface area contributed by atoms with Crippen molar-refractivity contribution in [2.45, 2.75) is 128 Å². The van der Waals surface area contributed by atoms with Gasteiger partial charge >= 0.3 is 12.2 Å². The van der Waals surface area contributed by atoms with E-state index in [0.29, 0.717) is 70.4 Å². The van der Waals surface area contributed by atoms with Crippen molar-refractivity contribution < 1.29 is 43.5 Å². The molecule has 2 aliphatic rings. The summed E-state index contributed by atoms with van der Waals surface area (Å²) in [5.41, 5.74) is 7.54. The molecule has 7 N–H and O–H groups in total. The standard InChI is InChI=1S/C23H37ClN2O4.C15H22N2O4.C8H15ClO/c1-23(2,11-6-7-12-24)17-25-15-21(27)20(14-18-8-4-3-5-9-18)26-22(28)30-19-10-13-29-16-19;16-9-14(18)13(8-11-4-2-1-3-5-11)17-15(19)21-12-6-7-20-10-12;1-8(2,7-10)5-3-4-6-9/h3-5,8-9,19-21,25,27H,6-7,10-17H2,1-2H3,(H,26,28);1-5,12-14,18H,6-10,16H2,(H,17,19);7H,3-6H2,1-2H3/t19-,20-,21+;12-,13-,14+;/m00./s1. The number of aliphatic hydroxyl groups is 2. The van der Waals surface area contributed by atoms with Gasteiger partial charge in [0.15, 0.2) is 0 Å². The van der Waals surface area contributed by atoms with Crippen LogP contribution < -0.4 is 21.7 Å². The molecule has 13 nitrogen and oxygen atoms in total. The topological polar surface area (TPSA) is 191 Å². The first kappa shape index (κ1) is 54.1. The minimum Gasteiger partial charge on any atom is -0.444 e. The third-order valence-corrected chi connectivity index (χ3v) is 10.9. The van der Waals surface area contributed by atoms with Crippen LogP contribution in [0.5, 0.6) is 0 Å². The van der Waals surface area contributed by atoms with Crippen molar-refractivity contribution in [3.63, 3.8) is 0 Å². The molecular weight excluding hydrogens is 823 g/mol. The van der Waals surface area contributed by atoms with Crippen LogP contribution in [-0.4, -0.2) is 123 Å². The number of hydrogen-bond donors (Lipinski definition) is 6. The third-order valence-electron chi connectivity index (χ3n) is 10.4. The van der Waals surface area contributed by atoms with E-state index in [1.54, 1.807) is 0 Å². The van der Waals surface area contributed by atoms with Crippen LogP contribution in [-0.2, 0) is 36.6 Å². The number of alkyl halides is 2. The van der Waals surface area contributed by atoms with Gasteiger partial charge in [0.2, 0.25) is 0 Å². The minimum absolute atomic E-state index is 0.0737. The van der Waals surface area contributed by atoms with Gasteiger partial charge in [-0.2, -0.15) is 0 Å². The van der Waals surface area contributed by atoms with Gasteiger partial charge in [-0.15, -0.1) is 23.2 Å². The summed E-state index contributed by atoms with van der Waals surface area (Å²) in [5.74, 6) is 1.40. The highest BCUT2D eigenvalue weighted by molar-refractivity contribution is 6.18. The second-order valence-corrected chi connectivity index (χ2v) is 18.0. The van der Waals surface area contributed by atoms with E-state index in [-0.39, 0.29) is 29.6 Å². The monoisotopic (exact) mass is 896 g/mol. The number of nitrogens with two attached hydrogens (primary N) is 1. The maximum Gasteiger partial charge on any atom is 0.407 e. The van der Waals surface area contributed by atoms with Gasteiger partial charge in [-0.3, -0.25) is 0 Å². The molecule has 2 aromatic carbocycles. The van der Waals surface area contributed by atoms with Gasteiger partial charge < -0.3 is 55.6 Å². The molecule has 2 aliphatic heterocycles. The number of nitrogens with one attached hydrogen (secondary N) is 3. The zero-order chi connectivity index (χ0) is 44.9. The van der Waals surface area contributed by atoms with Crippen LogP contribution >= 0.6 is 23.2 Å². The Balaban J connectivity index is 0.000000357. The number of ether oxygens (including phenoxy) is 4. The van der Waals surface area contributed by atoms with Gasteiger partial charge in [0, 0.05) is 49.7 Å². The second kappa shape index (κ2) is 30.9. The minimum atomic E-state index is -0.822. The van der Waals surface area contributed by atoms with Gasteiger partial charge in [-0.1, -0.05) is 101 Å². The highest BCUT2D eigenvalue weighted by atomic mass is 35.5. The van der Waals surface area contributed by atoms with Crippen LogP contribution in [0.2, 0.25) is 0 Å². The molecule has 0 aliphatic carbocycles. The molecule has 15 heteroatoms. The van der Waals surface area contributed by atoms with Gasteiger partial charge in [0.05, 0.1) is 50.7 Å². The summed E-state index contributed by atoms with van der Waals surface area (Å²) in [6, 6.07) is 18.5. The quantitative estimate of drug-likeness (QED) is 0.0381. The van der Waals surface area contributed by atoms with E-state index in [4.69, 9.17) is 47.9 Å². The molecule has 0 radical (unpaired) electrons. The average Bonchev–Trinajstić information content (AvgIpc) is 3.96. The summed E-state index contributed by atoms with van der Waals surface area (Å²) in [5, 5.41) is 29.7. The first-order valence-corrected chi connectivity index (χ1v) is 22.8. The largest absolute Gasteiger partial charge is 0.444 e. The number of alkyl carbamates (subject to hydrolysis) is 2. The van der Waals surface area contributed by atoms with Crippen LogP contribution in [0.25, 0.3) is 0 Å². The van der Waals surface area contributed by atoms with Crippen molar-refractivity contribution >= 4 is 41.7 Å². The van der Waals surface area contributed by atoms with Crippen LogP contribution in [0, 0.1) is 10.8 Å². The van der Waals surface area contributed by atoms with Crippen molar-refractivity contribution in [3.8, 4) is 0 Å². The van der Waals surface area contributed by atoms with E-state index in [2.05, 4.69) is 29.8 Å². The van der Waals surface area contributed by atoms with E-state index in [9.17, 15) is 24.6 Å². The Morgan fingerprint density at radius 2 is 1.23 bits per heavy atom. The maximum absolute atomic E-state index is 12.4. The summed E-state index contributed by atoms with van der Waals surface area (Å²) in [7, 11) is 0. The zero-order valence-electron chi connectivity index (χ0n) is 36.8. The molecule has 2 fully saturated rings. The molecule has 0 spiro atoms. The lowest BCUT2D eigenvalue weighted by atomic mass is 9.87. The van der Waals surface area contributed by atoms with Crippen LogP contribution in [0.4, 0.5) is 9.59 Å². The first-order chi connectivity index (χ1) is 29.2. The molecule has 346 valence electrons. The fourth-order valence-electron chi connectivity index (χ4n) is 6.57. The molecule has 2 amide bonds. The second-order valence-electron chi connectivity index (χ2n) is 17.2. The number of hydrogen-bond acceptors (Lipinski definition) is 11. The molecule has 6 atom stereocenters. The number of aliphatic hydroxyl groups excluding tert-OH is 2. The SMILES string of the molecule is CC(C)(C=O)CCCCCl.CC(C)(CCCCCl)CNC[C@@H](O)[C@H](Cc1ccccc1)NC(=O)O[C@H]1CCOC1.NC[C@@H](O)[C@H](Cc1ccccc1)NC(=O)O[C@H]1CCOC1. The van der Waals surface area contributed by atoms with E-state index in [0.717, 1.165) is 62.5 Å². The van der Waals surface area contributed by atoms with E-state index in [1.807, 2.05) is 74.5 Å². The van der Waals surface area contributed by atoms with E-state index < -0.39 is 36.5 Å². The number of benzene rings is 2. The van der Waals surface area contributed by atoms with Crippen LogP contribution in [0.3, 0.4) is 0 Å². The van der Waals surface area contributed by atoms with Crippen molar-refractivity contribution in [3.05, 3.63) is 71.8 Å². The maximum atomic E-state index is 12.4. The Bertz CT molecular complexity index is 1450. The highest BCUT2D eigenvalue weighted by Gasteiger charge is 2.27. The number of carbonyl (C=O) groups excluding carboxylic acids is 3. The van der Waals surface area contributed by atoms with Gasteiger partial charge in [-0.25, -0.2) is 9.59 Å². The summed E-state index contributed by atoms with van der Waals surface area (Å²) >= 11 is 11.3. The summed E-state index contributed by atoms with van der Waals surface area (Å²) in [6.45, 7) is 11.7. The smallest absolute Gasteiger partial charge is 0.407 e. The van der Waals surface area contributed by atoms with Crippen molar-refractivity contribution in [1.29, 1.82) is 0 Å². The molecule has 2 saturated heterocycles. The summed E-state index contributed by atoms with van der Waals surface area (Å²) < 4.78 is 21.1. The molecular formula is C46H74Cl2N4O9. The number of aldehydes is 1. The van der Waals surface area contributed by atoms with E-state index in [1.165, 1.54) is 0 Å². The van der Waals surface area contributed by atoms with Crippen LogP contribution in [0.15, 0.2) is 60.7 Å². The Labute approximate surface area is 374 Å². The zero-order valence-corrected chi connectivity index (χ0v) is 38.3. The normalized spacial score (nSPS) is 18.2.